The number of hydrogen-bond acceptors (Lipinski definition) is 2. The highest BCUT2D eigenvalue weighted by Crippen LogP contribution is 2.13. The summed E-state index contributed by atoms with van der Waals surface area (Å²) in [6.45, 7) is 1.52. The van der Waals surface area contributed by atoms with Gasteiger partial charge in [0.2, 0.25) is 0 Å². The third-order valence-electron chi connectivity index (χ3n) is 1.79. The molecule has 3 nitrogen and oxygen atoms in total. The second-order valence-electron chi connectivity index (χ2n) is 2.93. The zero-order valence-electron chi connectivity index (χ0n) is 8.52. The van der Waals surface area contributed by atoms with Crippen LogP contribution in [-0.2, 0) is 11.3 Å². The van der Waals surface area contributed by atoms with Crippen LogP contribution >= 0.6 is 0 Å². The lowest BCUT2D eigenvalue weighted by Crippen LogP contribution is -2.24. The smallest absolute Gasteiger partial charge is 0.407 e. The lowest BCUT2D eigenvalue weighted by Gasteiger charge is -2.06. The highest BCUT2D eigenvalue weighted by atomic mass is 19.2. The van der Waals surface area contributed by atoms with E-state index in [0.717, 1.165) is 0 Å². The molecule has 1 rings (SSSR count). The molecule has 0 spiro atoms. The fourth-order valence-electron chi connectivity index (χ4n) is 1.05. The van der Waals surface area contributed by atoms with Gasteiger partial charge in [-0.05, 0) is 13.0 Å². The van der Waals surface area contributed by atoms with Gasteiger partial charge in [0.15, 0.2) is 11.6 Å². The van der Waals surface area contributed by atoms with Crippen LogP contribution in [0.5, 0.6) is 0 Å². The predicted molar refractivity (Wildman–Crippen MR) is 50.2 cm³/mol. The number of ether oxygens (including phenoxy) is 1. The maximum absolute atomic E-state index is 13.1. The number of amides is 1. The van der Waals surface area contributed by atoms with Crippen molar-refractivity contribution in [3.63, 3.8) is 0 Å². The minimum atomic E-state index is -1.27. The second-order valence-corrected chi connectivity index (χ2v) is 2.93. The number of hydrogen-bond donors (Lipinski definition) is 1. The molecule has 0 aromatic heterocycles. The molecule has 0 aliphatic heterocycles. The van der Waals surface area contributed by atoms with Crippen molar-refractivity contribution in [2.75, 3.05) is 6.61 Å². The Bertz CT molecular complexity index is 396. The number of nitrogens with one attached hydrogen (secondary N) is 1. The van der Waals surface area contributed by atoms with E-state index in [1.807, 2.05) is 0 Å². The van der Waals surface area contributed by atoms with E-state index in [1.165, 1.54) is 0 Å². The molecule has 16 heavy (non-hydrogen) atoms. The Morgan fingerprint density at radius 3 is 2.50 bits per heavy atom. The van der Waals surface area contributed by atoms with E-state index in [2.05, 4.69) is 10.1 Å². The highest BCUT2D eigenvalue weighted by molar-refractivity contribution is 5.67. The van der Waals surface area contributed by atoms with Gasteiger partial charge in [-0.3, -0.25) is 0 Å². The van der Waals surface area contributed by atoms with Crippen molar-refractivity contribution in [3.05, 3.63) is 35.1 Å². The molecule has 0 heterocycles. The van der Waals surface area contributed by atoms with Crippen molar-refractivity contribution < 1.29 is 22.7 Å². The largest absolute Gasteiger partial charge is 0.450 e. The van der Waals surface area contributed by atoms with Crippen LogP contribution in [0, 0.1) is 17.5 Å². The minimum absolute atomic E-state index is 0.146. The van der Waals surface area contributed by atoms with Gasteiger partial charge in [-0.25, -0.2) is 18.0 Å². The van der Waals surface area contributed by atoms with Crippen molar-refractivity contribution in [3.8, 4) is 0 Å². The third kappa shape index (κ3) is 3.15. The van der Waals surface area contributed by atoms with Gasteiger partial charge >= 0.3 is 6.09 Å². The number of alkyl carbamates (subject to hydrolysis) is 1. The van der Waals surface area contributed by atoms with Crippen LogP contribution in [0.15, 0.2) is 12.1 Å². The first kappa shape index (κ1) is 12.4. The minimum Gasteiger partial charge on any atom is -0.450 e. The van der Waals surface area contributed by atoms with Crippen molar-refractivity contribution in [2.45, 2.75) is 13.5 Å². The van der Waals surface area contributed by atoms with E-state index in [-0.39, 0.29) is 18.7 Å². The summed E-state index contributed by atoms with van der Waals surface area (Å²) in [6, 6.07) is 1.12. The standard InChI is InChI=1S/C10H10F3NO2/c1-2-16-10(15)14-5-6-3-8(12)9(13)4-7(6)11/h3-4H,2,5H2,1H3,(H,14,15). The average molecular weight is 233 g/mol. The number of carbonyl (C=O) groups excluding carboxylic acids is 1. The van der Waals surface area contributed by atoms with E-state index in [4.69, 9.17) is 0 Å². The fraction of sp³-hybridized carbons (Fsp3) is 0.300. The maximum atomic E-state index is 13.1. The number of benzene rings is 1. The lowest BCUT2D eigenvalue weighted by molar-refractivity contribution is 0.151. The maximum Gasteiger partial charge on any atom is 0.407 e. The van der Waals surface area contributed by atoms with Gasteiger partial charge in [-0.15, -0.1) is 0 Å². The summed E-state index contributed by atoms with van der Waals surface area (Å²) in [5.74, 6) is -3.35. The van der Waals surface area contributed by atoms with Crippen LogP contribution in [0.1, 0.15) is 12.5 Å². The lowest BCUT2D eigenvalue weighted by atomic mass is 10.2. The van der Waals surface area contributed by atoms with Crippen LogP contribution in [0.2, 0.25) is 0 Å². The van der Waals surface area contributed by atoms with Crippen molar-refractivity contribution in [1.29, 1.82) is 0 Å². The van der Waals surface area contributed by atoms with Gasteiger partial charge < -0.3 is 10.1 Å². The zero-order valence-corrected chi connectivity index (χ0v) is 8.52. The molecule has 6 heteroatoms. The summed E-state index contributed by atoms with van der Waals surface area (Å²) >= 11 is 0. The van der Waals surface area contributed by atoms with E-state index in [9.17, 15) is 18.0 Å². The number of halogens is 3. The van der Waals surface area contributed by atoms with Gasteiger partial charge in [0, 0.05) is 18.2 Å². The molecule has 0 bridgehead atoms. The molecule has 0 saturated carbocycles. The number of rotatable bonds is 3. The SMILES string of the molecule is CCOC(=O)NCc1cc(F)c(F)cc1F. The topological polar surface area (TPSA) is 38.3 Å². The van der Waals surface area contributed by atoms with Gasteiger partial charge in [0.1, 0.15) is 5.82 Å². The molecule has 1 aromatic carbocycles. The summed E-state index contributed by atoms with van der Waals surface area (Å²) in [6.07, 6.45) is -0.744. The van der Waals surface area contributed by atoms with Gasteiger partial charge in [0.25, 0.3) is 0 Å². The molecule has 0 unspecified atom stereocenters. The molecular weight excluding hydrogens is 223 g/mol. The first-order valence-electron chi connectivity index (χ1n) is 4.58. The first-order chi connectivity index (χ1) is 7.54. The van der Waals surface area contributed by atoms with E-state index < -0.39 is 23.5 Å². The Labute approximate surface area is 90.2 Å². The molecule has 1 N–H and O–H groups in total. The van der Waals surface area contributed by atoms with Crippen molar-refractivity contribution >= 4 is 6.09 Å². The molecule has 0 atom stereocenters. The quantitative estimate of drug-likeness (QED) is 0.814. The van der Waals surface area contributed by atoms with Gasteiger partial charge in [-0.2, -0.15) is 0 Å². The Hall–Kier alpha value is -1.72. The monoisotopic (exact) mass is 233 g/mol. The van der Waals surface area contributed by atoms with Crippen molar-refractivity contribution in [2.24, 2.45) is 0 Å². The van der Waals surface area contributed by atoms with Gasteiger partial charge in [0.05, 0.1) is 6.61 Å². The molecule has 0 radical (unpaired) electrons. The molecule has 88 valence electrons. The second kappa shape index (κ2) is 5.39. The van der Waals surface area contributed by atoms with Crippen LogP contribution in [0.25, 0.3) is 0 Å². The Morgan fingerprint density at radius 2 is 1.88 bits per heavy atom. The zero-order chi connectivity index (χ0) is 12.1. The van der Waals surface area contributed by atoms with Gasteiger partial charge in [-0.1, -0.05) is 0 Å². The van der Waals surface area contributed by atoms with E-state index in [0.29, 0.717) is 12.1 Å². The highest BCUT2D eigenvalue weighted by Gasteiger charge is 2.10. The Morgan fingerprint density at radius 1 is 1.25 bits per heavy atom. The molecule has 0 aliphatic carbocycles. The van der Waals surface area contributed by atoms with Crippen LogP contribution in [-0.4, -0.2) is 12.7 Å². The van der Waals surface area contributed by atoms with Crippen LogP contribution in [0.4, 0.5) is 18.0 Å². The summed E-state index contributed by atoms with van der Waals surface area (Å²) in [4.78, 5) is 10.9. The predicted octanol–water partition coefficient (Wildman–Crippen LogP) is 2.35. The summed E-state index contributed by atoms with van der Waals surface area (Å²) < 4.78 is 42.9. The van der Waals surface area contributed by atoms with Crippen LogP contribution < -0.4 is 5.32 Å². The number of carbonyl (C=O) groups is 1. The summed E-state index contributed by atoms with van der Waals surface area (Å²) in [5.41, 5.74) is -0.146. The van der Waals surface area contributed by atoms with E-state index in [1.54, 1.807) is 6.92 Å². The van der Waals surface area contributed by atoms with E-state index >= 15 is 0 Å². The third-order valence-corrected chi connectivity index (χ3v) is 1.79. The fourth-order valence-corrected chi connectivity index (χ4v) is 1.05. The average Bonchev–Trinajstić information content (AvgIpc) is 2.22. The van der Waals surface area contributed by atoms with Crippen LogP contribution in [0.3, 0.4) is 0 Å². The normalized spacial score (nSPS) is 10.0. The molecule has 0 aliphatic rings. The summed E-state index contributed by atoms with van der Waals surface area (Å²) in [7, 11) is 0. The van der Waals surface area contributed by atoms with Crippen molar-refractivity contribution in [1.82, 2.24) is 5.32 Å². The molecular formula is C10H10F3NO2. The molecule has 0 fully saturated rings. The summed E-state index contributed by atoms with van der Waals surface area (Å²) in [5, 5.41) is 2.20. The molecule has 0 saturated heterocycles. The Balaban J connectivity index is 2.67. The first-order valence-corrected chi connectivity index (χ1v) is 4.58. The Kier molecular flexibility index (Phi) is 4.16. The molecule has 1 amide bonds. The molecule has 1 aromatic rings.